The van der Waals surface area contributed by atoms with Crippen molar-refractivity contribution in [2.45, 2.75) is 39.0 Å². The van der Waals surface area contributed by atoms with Crippen LogP contribution in [0.2, 0.25) is 0 Å². The van der Waals surface area contributed by atoms with Gasteiger partial charge >= 0.3 is 0 Å². The Labute approximate surface area is 115 Å². The zero-order chi connectivity index (χ0) is 13.7. The minimum absolute atomic E-state index is 0.256. The van der Waals surface area contributed by atoms with Crippen LogP contribution in [0.3, 0.4) is 0 Å². The third-order valence-electron chi connectivity index (χ3n) is 3.77. The van der Waals surface area contributed by atoms with Crippen LogP contribution in [0.15, 0.2) is 18.2 Å². The molecule has 19 heavy (non-hydrogen) atoms. The molecule has 1 saturated heterocycles. The molecule has 0 spiro atoms. The lowest BCUT2D eigenvalue weighted by atomic mass is 10.1. The van der Waals surface area contributed by atoms with Crippen LogP contribution in [0, 0.1) is 6.92 Å². The van der Waals surface area contributed by atoms with E-state index in [0.717, 1.165) is 42.8 Å². The molecule has 0 saturated carbocycles. The average Bonchev–Trinajstić information content (AvgIpc) is 2.68. The maximum atomic E-state index is 12.3. The molecule has 0 atom stereocenters. The number of carbonyl (C=O) groups is 1. The van der Waals surface area contributed by atoms with E-state index >= 15 is 0 Å². The van der Waals surface area contributed by atoms with Gasteiger partial charge in [-0.05, 0) is 37.0 Å². The van der Waals surface area contributed by atoms with Crippen molar-refractivity contribution in [2.24, 2.45) is 0 Å². The minimum Gasteiger partial charge on any atom is -0.496 e. The van der Waals surface area contributed by atoms with Gasteiger partial charge in [-0.25, -0.2) is 0 Å². The zero-order valence-corrected chi connectivity index (χ0v) is 11.9. The number of hydrogen-bond acceptors (Lipinski definition) is 2. The smallest absolute Gasteiger partial charge is 0.226 e. The molecule has 1 amide bonds. The van der Waals surface area contributed by atoms with Crippen molar-refractivity contribution in [3.8, 4) is 5.75 Å². The van der Waals surface area contributed by atoms with Gasteiger partial charge in [0.05, 0.1) is 13.5 Å². The van der Waals surface area contributed by atoms with E-state index in [0.29, 0.717) is 6.42 Å². The average molecular weight is 261 g/mol. The molecule has 1 aromatic carbocycles. The van der Waals surface area contributed by atoms with Crippen molar-refractivity contribution in [3.63, 3.8) is 0 Å². The maximum absolute atomic E-state index is 12.3. The molecule has 2 rings (SSSR count). The van der Waals surface area contributed by atoms with Crippen molar-refractivity contribution in [1.82, 2.24) is 4.90 Å². The maximum Gasteiger partial charge on any atom is 0.226 e. The summed E-state index contributed by atoms with van der Waals surface area (Å²) in [5.74, 6) is 1.14. The summed E-state index contributed by atoms with van der Waals surface area (Å²) in [6, 6.07) is 5.98. The Balaban J connectivity index is 1.99. The minimum atomic E-state index is 0.256. The molecule has 0 unspecified atom stereocenters. The lowest BCUT2D eigenvalue weighted by Crippen LogP contribution is -2.33. The standard InChI is InChI=1S/C16H23NO2/c1-13-11-14(7-8-15(13)19-2)12-16(18)17-9-5-3-4-6-10-17/h7-8,11H,3-6,9-10,12H2,1-2H3. The summed E-state index contributed by atoms with van der Waals surface area (Å²) in [4.78, 5) is 14.3. The van der Waals surface area contributed by atoms with Crippen LogP contribution in [-0.4, -0.2) is 31.0 Å². The fourth-order valence-corrected chi connectivity index (χ4v) is 2.66. The van der Waals surface area contributed by atoms with E-state index < -0.39 is 0 Å². The number of benzene rings is 1. The lowest BCUT2D eigenvalue weighted by Gasteiger charge is -2.20. The number of ether oxygens (including phenoxy) is 1. The predicted octanol–water partition coefficient (Wildman–Crippen LogP) is 2.95. The summed E-state index contributed by atoms with van der Waals surface area (Å²) in [6.07, 6.45) is 5.31. The molecule has 1 fully saturated rings. The molecule has 3 heteroatoms. The number of aryl methyl sites for hydroxylation is 1. The summed E-state index contributed by atoms with van der Waals surface area (Å²) in [6.45, 7) is 3.86. The number of amides is 1. The molecule has 1 aliphatic heterocycles. The number of methoxy groups -OCH3 is 1. The van der Waals surface area contributed by atoms with E-state index in [-0.39, 0.29) is 5.91 Å². The van der Waals surface area contributed by atoms with E-state index in [1.54, 1.807) is 7.11 Å². The van der Waals surface area contributed by atoms with Gasteiger partial charge in [0.1, 0.15) is 5.75 Å². The Bertz CT molecular complexity index is 434. The van der Waals surface area contributed by atoms with Crippen LogP contribution in [0.1, 0.15) is 36.8 Å². The predicted molar refractivity (Wildman–Crippen MR) is 76.5 cm³/mol. The summed E-state index contributed by atoms with van der Waals surface area (Å²) in [5, 5.41) is 0. The zero-order valence-electron chi connectivity index (χ0n) is 11.9. The highest BCUT2D eigenvalue weighted by molar-refractivity contribution is 5.79. The number of rotatable bonds is 3. The molecule has 1 aromatic rings. The van der Waals surface area contributed by atoms with Gasteiger partial charge in [0.25, 0.3) is 0 Å². The second kappa shape index (κ2) is 6.60. The van der Waals surface area contributed by atoms with E-state index in [9.17, 15) is 4.79 Å². The van der Waals surface area contributed by atoms with Crippen molar-refractivity contribution >= 4 is 5.91 Å². The molecule has 0 aliphatic carbocycles. The molecule has 1 heterocycles. The van der Waals surface area contributed by atoms with Crippen molar-refractivity contribution in [2.75, 3.05) is 20.2 Å². The van der Waals surface area contributed by atoms with E-state index in [4.69, 9.17) is 4.74 Å². The molecule has 0 aromatic heterocycles. The van der Waals surface area contributed by atoms with Crippen LogP contribution in [0.5, 0.6) is 5.75 Å². The fourth-order valence-electron chi connectivity index (χ4n) is 2.66. The van der Waals surface area contributed by atoms with Crippen LogP contribution >= 0.6 is 0 Å². The summed E-state index contributed by atoms with van der Waals surface area (Å²) in [5.41, 5.74) is 2.16. The van der Waals surface area contributed by atoms with Crippen LogP contribution < -0.4 is 4.74 Å². The molecule has 0 radical (unpaired) electrons. The quantitative estimate of drug-likeness (QED) is 0.837. The third-order valence-corrected chi connectivity index (χ3v) is 3.77. The second-order valence-corrected chi connectivity index (χ2v) is 5.28. The first-order valence-electron chi connectivity index (χ1n) is 7.12. The Morgan fingerprint density at radius 1 is 1.21 bits per heavy atom. The summed E-state index contributed by atoms with van der Waals surface area (Å²) < 4.78 is 5.24. The SMILES string of the molecule is COc1ccc(CC(=O)N2CCCCCC2)cc1C. The number of nitrogens with zero attached hydrogens (tertiary/aromatic N) is 1. The first-order chi connectivity index (χ1) is 9.20. The largest absolute Gasteiger partial charge is 0.496 e. The molecule has 104 valence electrons. The van der Waals surface area contributed by atoms with E-state index in [1.165, 1.54) is 12.8 Å². The van der Waals surface area contributed by atoms with Crippen LogP contribution in [0.25, 0.3) is 0 Å². The van der Waals surface area contributed by atoms with Gasteiger partial charge in [0, 0.05) is 13.1 Å². The van der Waals surface area contributed by atoms with Gasteiger partial charge in [0.2, 0.25) is 5.91 Å². The number of hydrogen-bond donors (Lipinski definition) is 0. The highest BCUT2D eigenvalue weighted by Gasteiger charge is 2.16. The Morgan fingerprint density at radius 3 is 2.47 bits per heavy atom. The van der Waals surface area contributed by atoms with Gasteiger partial charge < -0.3 is 9.64 Å². The summed E-state index contributed by atoms with van der Waals surface area (Å²) in [7, 11) is 1.67. The molecule has 3 nitrogen and oxygen atoms in total. The third kappa shape index (κ3) is 3.72. The van der Waals surface area contributed by atoms with Crippen LogP contribution in [-0.2, 0) is 11.2 Å². The van der Waals surface area contributed by atoms with Crippen molar-refractivity contribution < 1.29 is 9.53 Å². The highest BCUT2D eigenvalue weighted by Crippen LogP contribution is 2.19. The van der Waals surface area contributed by atoms with Gasteiger partial charge in [-0.2, -0.15) is 0 Å². The number of likely N-dealkylation sites (tertiary alicyclic amines) is 1. The molecule has 0 N–H and O–H groups in total. The van der Waals surface area contributed by atoms with E-state index in [2.05, 4.69) is 6.07 Å². The second-order valence-electron chi connectivity index (χ2n) is 5.28. The highest BCUT2D eigenvalue weighted by atomic mass is 16.5. The lowest BCUT2D eigenvalue weighted by molar-refractivity contribution is -0.130. The molecular formula is C16H23NO2. The first kappa shape index (κ1) is 13.9. The molecule has 1 aliphatic rings. The van der Waals surface area contributed by atoms with Gasteiger partial charge in [0.15, 0.2) is 0 Å². The Kier molecular flexibility index (Phi) is 4.83. The van der Waals surface area contributed by atoms with Crippen molar-refractivity contribution in [1.29, 1.82) is 0 Å². The topological polar surface area (TPSA) is 29.5 Å². The van der Waals surface area contributed by atoms with Crippen LogP contribution in [0.4, 0.5) is 0 Å². The monoisotopic (exact) mass is 261 g/mol. The Hall–Kier alpha value is -1.51. The van der Waals surface area contributed by atoms with Gasteiger partial charge in [-0.15, -0.1) is 0 Å². The normalized spacial score (nSPS) is 16.0. The van der Waals surface area contributed by atoms with E-state index in [1.807, 2.05) is 24.0 Å². The summed E-state index contributed by atoms with van der Waals surface area (Å²) >= 11 is 0. The first-order valence-corrected chi connectivity index (χ1v) is 7.12. The molecule has 0 bridgehead atoms. The van der Waals surface area contributed by atoms with Crippen molar-refractivity contribution in [3.05, 3.63) is 29.3 Å². The fraction of sp³-hybridized carbons (Fsp3) is 0.562. The van der Waals surface area contributed by atoms with Gasteiger partial charge in [-0.3, -0.25) is 4.79 Å². The Morgan fingerprint density at radius 2 is 1.89 bits per heavy atom. The van der Waals surface area contributed by atoms with Gasteiger partial charge in [-0.1, -0.05) is 25.0 Å². The molecular weight excluding hydrogens is 238 g/mol. The number of carbonyl (C=O) groups excluding carboxylic acids is 1.